The highest BCUT2D eigenvalue weighted by molar-refractivity contribution is 5.93. The third-order valence-electron chi connectivity index (χ3n) is 2.88. The topological polar surface area (TPSA) is 80.6 Å². The third-order valence-corrected chi connectivity index (χ3v) is 2.88. The lowest BCUT2D eigenvalue weighted by molar-refractivity contribution is -0.149. The van der Waals surface area contributed by atoms with Gasteiger partial charge in [0.2, 0.25) is 0 Å². The van der Waals surface area contributed by atoms with Crippen LogP contribution < -0.4 is 5.32 Å². The van der Waals surface area contributed by atoms with Gasteiger partial charge in [-0.15, -0.1) is 0 Å². The van der Waals surface area contributed by atoms with E-state index < -0.39 is 12.1 Å². The molecule has 1 aromatic heterocycles. The smallest absolute Gasteiger partial charge is 0.336 e. The molecule has 1 fully saturated rings. The molecule has 0 spiro atoms. The number of nitrogens with zero attached hydrogens (tertiary/aromatic N) is 1. The van der Waals surface area contributed by atoms with Gasteiger partial charge in [-0.1, -0.05) is 0 Å². The van der Waals surface area contributed by atoms with Crippen LogP contribution in [0.15, 0.2) is 18.3 Å². The predicted molar refractivity (Wildman–Crippen MR) is 63.1 cm³/mol. The number of amides is 1. The zero-order chi connectivity index (χ0) is 13.1. The highest BCUT2D eigenvalue weighted by Crippen LogP contribution is 2.35. The average Bonchev–Trinajstić information content (AvgIpc) is 3.11. The number of aliphatic hydroxyl groups excluding tert-OH is 1. The molecule has 0 bridgehead atoms. The summed E-state index contributed by atoms with van der Waals surface area (Å²) in [5, 5.41) is 11.9. The standard InChI is InChI=1S/C12H16N2O4/c1-18-12(17)10(15)7-13-11(16)9-3-2-6-14(9)8-4-5-8/h2-3,6,8,10,15H,4-5,7H2,1H3,(H,13,16). The maximum absolute atomic E-state index is 11.9. The van der Waals surface area contributed by atoms with Crippen LogP contribution in [0.25, 0.3) is 0 Å². The molecule has 0 aromatic carbocycles. The number of carbonyl (C=O) groups is 2. The predicted octanol–water partition coefficient (Wildman–Crippen LogP) is 0.0867. The first kappa shape index (κ1) is 12.6. The molecular formula is C12H16N2O4. The van der Waals surface area contributed by atoms with Crippen LogP contribution in [0.4, 0.5) is 0 Å². The third kappa shape index (κ3) is 2.70. The second-order valence-corrected chi connectivity index (χ2v) is 4.28. The minimum Gasteiger partial charge on any atom is -0.467 e. The monoisotopic (exact) mass is 252 g/mol. The number of hydrogen-bond acceptors (Lipinski definition) is 4. The van der Waals surface area contributed by atoms with Crippen molar-refractivity contribution in [3.63, 3.8) is 0 Å². The Kier molecular flexibility index (Phi) is 3.66. The van der Waals surface area contributed by atoms with Gasteiger partial charge in [-0.25, -0.2) is 4.79 Å². The maximum Gasteiger partial charge on any atom is 0.336 e. The van der Waals surface area contributed by atoms with E-state index >= 15 is 0 Å². The zero-order valence-corrected chi connectivity index (χ0v) is 10.1. The highest BCUT2D eigenvalue weighted by Gasteiger charge is 2.27. The van der Waals surface area contributed by atoms with Crippen molar-refractivity contribution in [3.05, 3.63) is 24.0 Å². The van der Waals surface area contributed by atoms with Crippen molar-refractivity contribution in [1.82, 2.24) is 9.88 Å². The molecule has 2 N–H and O–H groups in total. The second-order valence-electron chi connectivity index (χ2n) is 4.28. The van der Waals surface area contributed by atoms with E-state index in [0.717, 1.165) is 12.8 Å². The van der Waals surface area contributed by atoms with E-state index in [1.807, 2.05) is 16.8 Å². The minimum atomic E-state index is -1.33. The van der Waals surface area contributed by atoms with Crippen LogP contribution in [0.5, 0.6) is 0 Å². The van der Waals surface area contributed by atoms with Crippen molar-refractivity contribution >= 4 is 11.9 Å². The summed E-state index contributed by atoms with van der Waals surface area (Å²) < 4.78 is 6.28. The Morgan fingerprint density at radius 2 is 2.33 bits per heavy atom. The van der Waals surface area contributed by atoms with E-state index in [0.29, 0.717) is 11.7 Å². The number of esters is 1. The lowest BCUT2D eigenvalue weighted by Crippen LogP contribution is -2.37. The molecule has 1 unspecified atom stereocenters. The molecule has 2 rings (SSSR count). The lowest BCUT2D eigenvalue weighted by Gasteiger charge is -2.11. The summed E-state index contributed by atoms with van der Waals surface area (Å²) in [6, 6.07) is 3.94. The van der Waals surface area contributed by atoms with E-state index in [-0.39, 0.29) is 12.5 Å². The number of rotatable bonds is 5. The normalized spacial score (nSPS) is 16.1. The van der Waals surface area contributed by atoms with Gasteiger partial charge in [0.05, 0.1) is 13.7 Å². The molecule has 1 amide bonds. The second kappa shape index (κ2) is 5.22. The van der Waals surface area contributed by atoms with Gasteiger partial charge in [0.1, 0.15) is 5.69 Å². The summed E-state index contributed by atoms with van der Waals surface area (Å²) in [6.45, 7) is -0.151. The molecule has 6 heteroatoms. The van der Waals surface area contributed by atoms with Gasteiger partial charge in [-0.3, -0.25) is 4.79 Å². The molecule has 18 heavy (non-hydrogen) atoms. The molecule has 0 radical (unpaired) electrons. The number of carbonyl (C=O) groups excluding carboxylic acids is 2. The first-order valence-corrected chi connectivity index (χ1v) is 5.84. The Labute approximate surface area is 105 Å². The van der Waals surface area contributed by atoms with Gasteiger partial charge in [0, 0.05) is 12.2 Å². The van der Waals surface area contributed by atoms with Crippen molar-refractivity contribution in [1.29, 1.82) is 0 Å². The van der Waals surface area contributed by atoms with Crippen molar-refractivity contribution < 1.29 is 19.4 Å². The number of hydrogen-bond donors (Lipinski definition) is 2. The van der Waals surface area contributed by atoms with Crippen LogP contribution in [0.1, 0.15) is 29.4 Å². The van der Waals surface area contributed by atoms with E-state index in [2.05, 4.69) is 10.1 Å². The lowest BCUT2D eigenvalue weighted by atomic mass is 10.3. The fourth-order valence-electron chi connectivity index (χ4n) is 1.76. The fraction of sp³-hybridized carbons (Fsp3) is 0.500. The largest absolute Gasteiger partial charge is 0.467 e. The fourth-order valence-corrected chi connectivity index (χ4v) is 1.76. The average molecular weight is 252 g/mol. The minimum absolute atomic E-state index is 0.151. The SMILES string of the molecule is COC(=O)C(O)CNC(=O)c1cccn1C1CC1. The summed E-state index contributed by atoms with van der Waals surface area (Å²) in [4.78, 5) is 22.8. The van der Waals surface area contributed by atoms with Crippen LogP contribution in [0.2, 0.25) is 0 Å². The molecule has 1 aromatic rings. The van der Waals surface area contributed by atoms with Crippen LogP contribution in [0.3, 0.4) is 0 Å². The number of aliphatic hydroxyl groups is 1. The maximum atomic E-state index is 11.9. The summed E-state index contributed by atoms with van der Waals surface area (Å²) in [5.41, 5.74) is 0.551. The molecule has 0 saturated heterocycles. The van der Waals surface area contributed by atoms with Gasteiger partial charge in [-0.2, -0.15) is 0 Å². The van der Waals surface area contributed by atoms with Crippen molar-refractivity contribution in [2.24, 2.45) is 0 Å². The Morgan fingerprint density at radius 3 is 2.94 bits per heavy atom. The Balaban J connectivity index is 1.91. The Hall–Kier alpha value is -1.82. The zero-order valence-electron chi connectivity index (χ0n) is 10.1. The molecule has 0 aliphatic heterocycles. The van der Waals surface area contributed by atoms with Crippen LogP contribution >= 0.6 is 0 Å². The van der Waals surface area contributed by atoms with Crippen molar-refractivity contribution in [2.75, 3.05) is 13.7 Å². The Bertz CT molecular complexity index is 451. The summed E-state index contributed by atoms with van der Waals surface area (Å²) in [6.07, 6.45) is 2.70. The number of nitrogens with one attached hydrogen (secondary N) is 1. The number of aromatic nitrogens is 1. The first-order valence-electron chi connectivity index (χ1n) is 5.84. The summed E-state index contributed by atoms with van der Waals surface area (Å²) >= 11 is 0. The highest BCUT2D eigenvalue weighted by atomic mass is 16.5. The van der Waals surface area contributed by atoms with E-state index in [4.69, 9.17) is 0 Å². The van der Waals surface area contributed by atoms with Gasteiger partial charge >= 0.3 is 5.97 Å². The molecule has 1 aliphatic rings. The number of methoxy groups -OCH3 is 1. The van der Waals surface area contributed by atoms with Gasteiger partial charge in [-0.05, 0) is 25.0 Å². The van der Waals surface area contributed by atoms with Crippen LogP contribution in [-0.2, 0) is 9.53 Å². The Morgan fingerprint density at radius 1 is 1.61 bits per heavy atom. The molecule has 1 aliphatic carbocycles. The summed E-state index contributed by atoms with van der Waals surface area (Å²) in [5.74, 6) is -1.05. The molecule has 1 saturated carbocycles. The van der Waals surface area contributed by atoms with E-state index in [9.17, 15) is 14.7 Å². The summed E-state index contributed by atoms with van der Waals surface area (Å²) in [7, 11) is 1.19. The quantitative estimate of drug-likeness (QED) is 0.728. The molecule has 1 heterocycles. The van der Waals surface area contributed by atoms with Gasteiger partial charge in [0.25, 0.3) is 5.91 Å². The first-order chi connectivity index (χ1) is 8.63. The van der Waals surface area contributed by atoms with Crippen molar-refractivity contribution in [2.45, 2.75) is 25.0 Å². The molecule has 1 atom stereocenters. The van der Waals surface area contributed by atoms with E-state index in [1.165, 1.54) is 7.11 Å². The van der Waals surface area contributed by atoms with Crippen LogP contribution in [-0.4, -0.2) is 41.3 Å². The molecule has 98 valence electrons. The molecular weight excluding hydrogens is 236 g/mol. The van der Waals surface area contributed by atoms with Gasteiger partial charge in [0.15, 0.2) is 6.10 Å². The molecule has 6 nitrogen and oxygen atoms in total. The number of ether oxygens (including phenoxy) is 1. The van der Waals surface area contributed by atoms with Crippen molar-refractivity contribution in [3.8, 4) is 0 Å². The van der Waals surface area contributed by atoms with E-state index in [1.54, 1.807) is 6.07 Å². The van der Waals surface area contributed by atoms with Crippen LogP contribution in [0, 0.1) is 0 Å². The van der Waals surface area contributed by atoms with Gasteiger partial charge < -0.3 is 19.7 Å².